The van der Waals surface area contributed by atoms with E-state index < -0.39 is 0 Å². The average molecular weight is 342 g/mol. The van der Waals surface area contributed by atoms with Crippen molar-refractivity contribution in [3.63, 3.8) is 0 Å². The molecule has 2 aromatic rings. The number of piperazine rings is 1. The summed E-state index contributed by atoms with van der Waals surface area (Å²) in [5, 5.41) is 12.5. The first-order valence-corrected chi connectivity index (χ1v) is 9.34. The van der Waals surface area contributed by atoms with Gasteiger partial charge >= 0.3 is 0 Å². The fourth-order valence-electron chi connectivity index (χ4n) is 3.69. The molecule has 0 saturated carbocycles. The van der Waals surface area contributed by atoms with Gasteiger partial charge in [-0.15, -0.1) is 5.10 Å². The molecule has 0 radical (unpaired) electrons. The third-order valence-electron chi connectivity index (χ3n) is 4.95. The van der Waals surface area contributed by atoms with Gasteiger partial charge in [0, 0.05) is 32.7 Å². The topological polar surface area (TPSA) is 50.1 Å². The van der Waals surface area contributed by atoms with E-state index in [1.54, 1.807) is 0 Å². The van der Waals surface area contributed by atoms with Crippen LogP contribution in [0.1, 0.15) is 51.2 Å². The predicted molar refractivity (Wildman–Crippen MR) is 99.1 cm³/mol. The van der Waals surface area contributed by atoms with Crippen LogP contribution in [-0.4, -0.2) is 56.2 Å². The molecule has 6 nitrogen and oxygen atoms in total. The van der Waals surface area contributed by atoms with E-state index in [1.807, 2.05) is 4.68 Å². The molecular formula is C19H30N6. The third kappa shape index (κ3) is 4.25. The van der Waals surface area contributed by atoms with E-state index in [2.05, 4.69) is 83.4 Å². The minimum atomic E-state index is 0.274. The van der Waals surface area contributed by atoms with Crippen LogP contribution < -0.4 is 0 Å². The Bertz CT molecular complexity index is 643. The molecule has 1 aromatic heterocycles. The molecule has 0 spiro atoms. The van der Waals surface area contributed by atoms with Crippen molar-refractivity contribution in [2.75, 3.05) is 26.2 Å². The smallest absolute Gasteiger partial charge is 0.168 e. The summed E-state index contributed by atoms with van der Waals surface area (Å²) in [6, 6.07) is 11.3. The number of tetrazole rings is 1. The Morgan fingerprint density at radius 1 is 0.960 bits per heavy atom. The Balaban J connectivity index is 1.66. The first-order chi connectivity index (χ1) is 12.1. The molecule has 1 saturated heterocycles. The second kappa shape index (κ2) is 8.06. The molecule has 1 fully saturated rings. The zero-order chi connectivity index (χ0) is 17.8. The second-order valence-electron chi connectivity index (χ2n) is 7.56. The lowest BCUT2D eigenvalue weighted by Crippen LogP contribution is -2.48. The van der Waals surface area contributed by atoms with E-state index in [9.17, 15) is 0 Å². The monoisotopic (exact) mass is 342 g/mol. The SMILES string of the molecule is CC(C)[C@@H](c1nnnn1C(C)C)N1CCN(Cc2ccccc2)CC1. The average Bonchev–Trinajstić information content (AvgIpc) is 3.07. The van der Waals surface area contributed by atoms with Gasteiger partial charge in [0.2, 0.25) is 0 Å². The Morgan fingerprint density at radius 3 is 2.24 bits per heavy atom. The van der Waals surface area contributed by atoms with Gasteiger partial charge in [0.1, 0.15) is 0 Å². The van der Waals surface area contributed by atoms with Crippen LogP contribution >= 0.6 is 0 Å². The maximum Gasteiger partial charge on any atom is 0.168 e. The van der Waals surface area contributed by atoms with Crippen LogP contribution in [0.3, 0.4) is 0 Å². The Kier molecular flexibility index (Phi) is 5.81. The molecule has 1 aromatic carbocycles. The van der Waals surface area contributed by atoms with Gasteiger partial charge in [-0.1, -0.05) is 44.2 Å². The highest BCUT2D eigenvalue weighted by Gasteiger charge is 2.31. The van der Waals surface area contributed by atoms with Gasteiger partial charge in [0.15, 0.2) is 5.82 Å². The molecule has 0 aliphatic carbocycles. The summed E-state index contributed by atoms with van der Waals surface area (Å²) in [6.45, 7) is 14.1. The van der Waals surface area contributed by atoms with Crippen LogP contribution in [0.4, 0.5) is 0 Å². The normalized spacial score (nSPS) is 18.2. The molecule has 0 N–H and O–H groups in total. The van der Waals surface area contributed by atoms with Crippen LogP contribution in [-0.2, 0) is 6.54 Å². The molecule has 1 atom stereocenters. The van der Waals surface area contributed by atoms with E-state index in [0.29, 0.717) is 5.92 Å². The van der Waals surface area contributed by atoms with Crippen LogP contribution in [0.2, 0.25) is 0 Å². The second-order valence-corrected chi connectivity index (χ2v) is 7.56. The number of rotatable bonds is 6. The Labute approximate surface area is 150 Å². The molecule has 6 heteroatoms. The minimum Gasteiger partial charge on any atom is -0.297 e. The first kappa shape index (κ1) is 18.0. The summed E-state index contributed by atoms with van der Waals surface area (Å²) in [5.41, 5.74) is 1.39. The Morgan fingerprint density at radius 2 is 1.64 bits per heavy atom. The van der Waals surface area contributed by atoms with E-state index in [1.165, 1.54) is 5.56 Å². The molecule has 1 aliphatic rings. The fraction of sp³-hybridized carbons (Fsp3) is 0.632. The molecule has 0 amide bonds. The van der Waals surface area contributed by atoms with Crippen molar-refractivity contribution in [1.29, 1.82) is 0 Å². The first-order valence-electron chi connectivity index (χ1n) is 9.34. The summed E-state index contributed by atoms with van der Waals surface area (Å²) >= 11 is 0. The highest BCUT2D eigenvalue weighted by atomic mass is 15.6. The lowest BCUT2D eigenvalue weighted by atomic mass is 10.0. The van der Waals surface area contributed by atoms with E-state index in [4.69, 9.17) is 0 Å². The molecule has 136 valence electrons. The van der Waals surface area contributed by atoms with Crippen molar-refractivity contribution < 1.29 is 0 Å². The standard InChI is InChI=1S/C19H30N6/c1-15(2)18(19-20-21-22-25(19)16(3)4)24-12-10-23(11-13-24)14-17-8-6-5-7-9-17/h5-9,15-16,18H,10-14H2,1-4H3/t18-/m0/s1. The van der Waals surface area contributed by atoms with E-state index in [-0.39, 0.29) is 12.1 Å². The maximum absolute atomic E-state index is 4.37. The fourth-order valence-corrected chi connectivity index (χ4v) is 3.69. The molecular weight excluding hydrogens is 312 g/mol. The van der Waals surface area contributed by atoms with Crippen LogP contribution in [0.15, 0.2) is 30.3 Å². The number of hydrogen-bond donors (Lipinski definition) is 0. The van der Waals surface area contributed by atoms with Crippen LogP contribution in [0, 0.1) is 5.92 Å². The highest BCUT2D eigenvalue weighted by Crippen LogP contribution is 2.29. The number of aromatic nitrogens is 4. The summed E-state index contributed by atoms with van der Waals surface area (Å²) in [4.78, 5) is 5.09. The van der Waals surface area contributed by atoms with Crippen molar-refractivity contribution in [2.45, 2.75) is 46.3 Å². The number of nitrogens with zero attached hydrogens (tertiary/aromatic N) is 6. The molecule has 2 heterocycles. The van der Waals surface area contributed by atoms with Gasteiger partial charge in [0.05, 0.1) is 12.1 Å². The van der Waals surface area contributed by atoms with Crippen LogP contribution in [0.25, 0.3) is 0 Å². The largest absolute Gasteiger partial charge is 0.297 e. The number of benzene rings is 1. The molecule has 25 heavy (non-hydrogen) atoms. The van der Waals surface area contributed by atoms with Crippen molar-refractivity contribution in [2.24, 2.45) is 5.92 Å². The zero-order valence-electron chi connectivity index (χ0n) is 15.8. The minimum absolute atomic E-state index is 0.274. The van der Waals surface area contributed by atoms with Crippen LogP contribution in [0.5, 0.6) is 0 Å². The van der Waals surface area contributed by atoms with E-state index in [0.717, 1.165) is 38.5 Å². The summed E-state index contributed by atoms with van der Waals surface area (Å²) in [7, 11) is 0. The highest BCUT2D eigenvalue weighted by molar-refractivity contribution is 5.14. The lowest BCUT2D eigenvalue weighted by molar-refractivity contribution is 0.0656. The van der Waals surface area contributed by atoms with Gasteiger partial charge in [-0.2, -0.15) is 0 Å². The number of hydrogen-bond acceptors (Lipinski definition) is 5. The Hall–Kier alpha value is -1.79. The lowest BCUT2D eigenvalue weighted by Gasteiger charge is -2.40. The summed E-state index contributed by atoms with van der Waals surface area (Å²) in [6.07, 6.45) is 0. The van der Waals surface area contributed by atoms with Gasteiger partial charge in [-0.25, -0.2) is 4.68 Å². The molecule has 0 unspecified atom stereocenters. The maximum atomic E-state index is 4.37. The van der Waals surface area contributed by atoms with Gasteiger partial charge in [-0.3, -0.25) is 9.80 Å². The zero-order valence-corrected chi connectivity index (χ0v) is 15.8. The molecule has 3 rings (SSSR count). The summed E-state index contributed by atoms with van der Waals surface area (Å²) in [5.74, 6) is 1.48. The van der Waals surface area contributed by atoms with Crippen molar-refractivity contribution in [1.82, 2.24) is 30.0 Å². The van der Waals surface area contributed by atoms with Crippen molar-refractivity contribution in [3.8, 4) is 0 Å². The quantitative estimate of drug-likeness (QED) is 0.808. The third-order valence-corrected chi connectivity index (χ3v) is 4.95. The molecule has 1 aliphatic heterocycles. The van der Waals surface area contributed by atoms with E-state index >= 15 is 0 Å². The molecule has 0 bridgehead atoms. The summed E-state index contributed by atoms with van der Waals surface area (Å²) < 4.78 is 1.97. The predicted octanol–water partition coefficient (Wildman–Crippen LogP) is 2.77. The van der Waals surface area contributed by atoms with Crippen molar-refractivity contribution in [3.05, 3.63) is 41.7 Å². The van der Waals surface area contributed by atoms with Crippen molar-refractivity contribution >= 4 is 0 Å². The van der Waals surface area contributed by atoms with Gasteiger partial charge in [0.25, 0.3) is 0 Å². The van der Waals surface area contributed by atoms with Gasteiger partial charge in [-0.05, 0) is 35.8 Å². The van der Waals surface area contributed by atoms with Gasteiger partial charge < -0.3 is 0 Å².